The van der Waals surface area contributed by atoms with Gasteiger partial charge < -0.3 is 9.84 Å². The maximum absolute atomic E-state index is 12.1. The number of rotatable bonds is 4. The summed E-state index contributed by atoms with van der Waals surface area (Å²) in [6.45, 7) is 3.90. The number of benzene rings is 1. The smallest absolute Gasteiger partial charge is 0.389 e. The highest BCUT2D eigenvalue weighted by Gasteiger charge is 2.33. The molecule has 2 rings (SSSR count). The summed E-state index contributed by atoms with van der Waals surface area (Å²) in [7, 11) is 0. The number of alkyl halides is 3. The molecule has 0 amide bonds. The predicted molar refractivity (Wildman–Crippen MR) is 69.7 cm³/mol. The van der Waals surface area contributed by atoms with Crippen molar-refractivity contribution >= 4 is 0 Å². The third-order valence-corrected chi connectivity index (χ3v) is 3.42. The number of fused-ring (bicyclic) bond motifs is 1. The number of para-hydroxylation sites is 1. The fraction of sp³-hybridized carbons (Fsp3) is 0.600. The molecule has 1 N–H and O–H groups in total. The summed E-state index contributed by atoms with van der Waals surface area (Å²) in [4.78, 5) is 0. The van der Waals surface area contributed by atoms with Crippen LogP contribution in [0.3, 0.4) is 0 Å². The van der Waals surface area contributed by atoms with Gasteiger partial charge >= 0.3 is 6.18 Å². The number of hydrogen-bond donors (Lipinski definition) is 1. The molecule has 20 heavy (non-hydrogen) atoms. The van der Waals surface area contributed by atoms with Crippen LogP contribution in [0.5, 0.6) is 5.75 Å². The molecule has 1 aliphatic heterocycles. The van der Waals surface area contributed by atoms with Gasteiger partial charge in [-0.3, -0.25) is 0 Å². The van der Waals surface area contributed by atoms with E-state index in [-0.39, 0.29) is 18.4 Å². The number of hydrogen-bond acceptors (Lipinski definition) is 2. The van der Waals surface area contributed by atoms with Crippen molar-refractivity contribution in [1.29, 1.82) is 0 Å². The lowest BCUT2D eigenvalue weighted by Crippen LogP contribution is -2.25. The van der Waals surface area contributed by atoms with Crippen LogP contribution in [0.1, 0.15) is 50.3 Å². The molecule has 0 saturated carbocycles. The molecular formula is C15H19F3O2. The van der Waals surface area contributed by atoms with Crippen molar-refractivity contribution in [2.24, 2.45) is 0 Å². The van der Waals surface area contributed by atoms with Gasteiger partial charge in [-0.1, -0.05) is 18.2 Å². The van der Waals surface area contributed by atoms with E-state index in [9.17, 15) is 18.3 Å². The average Bonchev–Trinajstić information content (AvgIpc) is 2.60. The first-order valence-corrected chi connectivity index (χ1v) is 6.73. The molecule has 1 aliphatic rings. The van der Waals surface area contributed by atoms with Gasteiger partial charge in [-0.05, 0) is 32.3 Å². The van der Waals surface area contributed by atoms with Crippen LogP contribution >= 0.6 is 0 Å². The highest BCUT2D eigenvalue weighted by atomic mass is 19.4. The lowest BCUT2D eigenvalue weighted by atomic mass is 9.97. The standard InChI is InChI=1S/C15H19F3O2/c1-14(2)9-10-5-3-6-11(13(10)20-14)12(19)7-4-8-15(16,17)18/h3,5-6,12,19H,4,7-9H2,1-2H3. The Bertz CT molecular complexity index is 480. The summed E-state index contributed by atoms with van der Waals surface area (Å²) in [6.07, 6.45) is -5.22. The van der Waals surface area contributed by atoms with Gasteiger partial charge in [-0.2, -0.15) is 13.2 Å². The molecule has 1 atom stereocenters. The van der Waals surface area contributed by atoms with Gasteiger partial charge in [0, 0.05) is 18.4 Å². The van der Waals surface area contributed by atoms with Crippen LogP contribution < -0.4 is 4.74 Å². The van der Waals surface area contributed by atoms with Gasteiger partial charge in [-0.15, -0.1) is 0 Å². The summed E-state index contributed by atoms with van der Waals surface area (Å²) >= 11 is 0. The second kappa shape index (κ2) is 5.28. The summed E-state index contributed by atoms with van der Waals surface area (Å²) in [5.74, 6) is 0.636. The van der Waals surface area contributed by atoms with E-state index in [1.54, 1.807) is 6.07 Å². The van der Waals surface area contributed by atoms with Crippen LogP contribution in [0.4, 0.5) is 13.2 Å². The molecule has 1 aromatic carbocycles. The summed E-state index contributed by atoms with van der Waals surface area (Å²) in [6, 6.07) is 5.46. The van der Waals surface area contributed by atoms with Crippen molar-refractivity contribution in [3.63, 3.8) is 0 Å². The molecule has 1 unspecified atom stereocenters. The van der Waals surface area contributed by atoms with E-state index in [4.69, 9.17) is 4.74 Å². The SMILES string of the molecule is CC1(C)Cc2cccc(C(O)CCCC(F)(F)F)c2O1. The monoisotopic (exact) mass is 288 g/mol. The Hall–Kier alpha value is -1.23. The molecule has 1 aromatic rings. The molecule has 0 aliphatic carbocycles. The van der Waals surface area contributed by atoms with Crippen LogP contribution in [0, 0.1) is 0 Å². The quantitative estimate of drug-likeness (QED) is 0.901. The predicted octanol–water partition coefficient (Wildman–Crippen LogP) is 4.17. The molecule has 2 nitrogen and oxygen atoms in total. The molecule has 0 radical (unpaired) electrons. The average molecular weight is 288 g/mol. The Morgan fingerprint density at radius 3 is 2.70 bits per heavy atom. The first-order chi connectivity index (χ1) is 9.18. The molecule has 0 spiro atoms. The Morgan fingerprint density at radius 1 is 1.35 bits per heavy atom. The summed E-state index contributed by atoms with van der Waals surface area (Å²) in [5.41, 5.74) is 1.27. The van der Waals surface area contributed by atoms with Crippen LogP contribution in [0.15, 0.2) is 18.2 Å². The topological polar surface area (TPSA) is 29.5 Å². The van der Waals surface area contributed by atoms with Crippen molar-refractivity contribution in [2.75, 3.05) is 0 Å². The van der Waals surface area contributed by atoms with Crippen molar-refractivity contribution in [1.82, 2.24) is 0 Å². The zero-order chi connectivity index (χ0) is 15.0. The fourth-order valence-electron chi connectivity index (χ4n) is 2.55. The number of halogens is 3. The second-order valence-electron chi connectivity index (χ2n) is 5.90. The van der Waals surface area contributed by atoms with Gasteiger partial charge in [-0.25, -0.2) is 0 Å². The highest BCUT2D eigenvalue weighted by Crippen LogP contribution is 2.41. The van der Waals surface area contributed by atoms with Crippen LogP contribution in [0.2, 0.25) is 0 Å². The van der Waals surface area contributed by atoms with Gasteiger partial charge in [0.2, 0.25) is 0 Å². The first-order valence-electron chi connectivity index (χ1n) is 6.73. The van der Waals surface area contributed by atoms with E-state index in [1.807, 2.05) is 26.0 Å². The Labute approximate surface area is 116 Å². The Balaban J connectivity index is 2.05. The molecule has 5 heteroatoms. The zero-order valence-corrected chi connectivity index (χ0v) is 11.6. The lowest BCUT2D eigenvalue weighted by Gasteiger charge is -2.20. The largest absolute Gasteiger partial charge is 0.487 e. The highest BCUT2D eigenvalue weighted by molar-refractivity contribution is 5.46. The van der Waals surface area contributed by atoms with Gasteiger partial charge in [0.25, 0.3) is 0 Å². The van der Waals surface area contributed by atoms with Crippen molar-refractivity contribution in [3.8, 4) is 5.75 Å². The van der Waals surface area contributed by atoms with E-state index in [0.717, 1.165) is 12.0 Å². The normalized spacial score (nSPS) is 18.5. The first kappa shape index (κ1) is 15.2. The maximum Gasteiger partial charge on any atom is 0.389 e. The molecular weight excluding hydrogens is 269 g/mol. The third kappa shape index (κ3) is 3.66. The minimum Gasteiger partial charge on any atom is -0.487 e. The van der Waals surface area contributed by atoms with E-state index >= 15 is 0 Å². The number of aliphatic hydroxyl groups is 1. The van der Waals surface area contributed by atoms with Crippen LogP contribution in [-0.4, -0.2) is 16.9 Å². The summed E-state index contributed by atoms with van der Waals surface area (Å²) in [5, 5.41) is 10.1. The minimum absolute atomic E-state index is 0.0831. The van der Waals surface area contributed by atoms with Crippen molar-refractivity contribution in [3.05, 3.63) is 29.3 Å². The van der Waals surface area contributed by atoms with Crippen LogP contribution in [-0.2, 0) is 6.42 Å². The number of ether oxygens (including phenoxy) is 1. The number of aliphatic hydroxyl groups excluding tert-OH is 1. The lowest BCUT2D eigenvalue weighted by molar-refractivity contribution is -0.136. The molecule has 1 heterocycles. The van der Waals surface area contributed by atoms with Crippen LogP contribution in [0.25, 0.3) is 0 Å². The van der Waals surface area contributed by atoms with Gasteiger partial charge in [0.1, 0.15) is 11.4 Å². The van der Waals surface area contributed by atoms with E-state index in [1.165, 1.54) is 0 Å². The van der Waals surface area contributed by atoms with E-state index in [2.05, 4.69) is 0 Å². The fourth-order valence-corrected chi connectivity index (χ4v) is 2.55. The molecule has 0 saturated heterocycles. The van der Waals surface area contributed by atoms with Crippen molar-refractivity contribution in [2.45, 2.75) is 57.4 Å². The third-order valence-electron chi connectivity index (χ3n) is 3.42. The minimum atomic E-state index is -4.17. The maximum atomic E-state index is 12.1. The molecule has 0 fully saturated rings. The Morgan fingerprint density at radius 2 is 2.05 bits per heavy atom. The second-order valence-corrected chi connectivity index (χ2v) is 5.90. The molecule has 0 bridgehead atoms. The molecule has 0 aromatic heterocycles. The molecule has 112 valence electrons. The zero-order valence-electron chi connectivity index (χ0n) is 11.6. The van der Waals surface area contributed by atoms with E-state index < -0.39 is 18.7 Å². The van der Waals surface area contributed by atoms with Gasteiger partial charge in [0.05, 0.1) is 6.10 Å². The summed E-state index contributed by atoms with van der Waals surface area (Å²) < 4.78 is 42.2. The van der Waals surface area contributed by atoms with Gasteiger partial charge in [0.15, 0.2) is 0 Å². The Kier molecular flexibility index (Phi) is 4.00. The van der Waals surface area contributed by atoms with E-state index in [0.29, 0.717) is 11.3 Å². The van der Waals surface area contributed by atoms with Crippen molar-refractivity contribution < 1.29 is 23.0 Å².